The third kappa shape index (κ3) is 2.79. The molecule has 1 aromatic rings. The van der Waals surface area contributed by atoms with E-state index in [2.05, 4.69) is 0 Å². The summed E-state index contributed by atoms with van der Waals surface area (Å²) in [6.45, 7) is 1.71. The van der Waals surface area contributed by atoms with Gasteiger partial charge >= 0.3 is 0 Å². The molecule has 1 aromatic carbocycles. The molecular formula is C16H20FNO2. The van der Waals surface area contributed by atoms with Crippen LogP contribution in [0.4, 0.5) is 4.39 Å². The van der Waals surface area contributed by atoms with Crippen molar-refractivity contribution in [2.75, 3.05) is 13.1 Å². The van der Waals surface area contributed by atoms with Crippen LogP contribution < -0.4 is 0 Å². The molecule has 1 heterocycles. The monoisotopic (exact) mass is 277 g/mol. The van der Waals surface area contributed by atoms with Gasteiger partial charge < -0.3 is 10.0 Å². The first-order valence-electron chi connectivity index (χ1n) is 7.37. The fourth-order valence-electron chi connectivity index (χ4n) is 3.58. The van der Waals surface area contributed by atoms with Crippen molar-refractivity contribution in [1.29, 1.82) is 0 Å². The summed E-state index contributed by atoms with van der Waals surface area (Å²) in [7, 11) is 0. The van der Waals surface area contributed by atoms with Gasteiger partial charge in [0, 0.05) is 13.1 Å². The van der Waals surface area contributed by atoms with Crippen molar-refractivity contribution < 1.29 is 14.3 Å². The van der Waals surface area contributed by atoms with Crippen molar-refractivity contribution in [3.05, 3.63) is 29.6 Å². The third-order valence-corrected chi connectivity index (χ3v) is 4.57. The molecule has 1 aliphatic heterocycles. The van der Waals surface area contributed by atoms with Crippen LogP contribution in [0.2, 0.25) is 0 Å². The van der Waals surface area contributed by atoms with Crippen LogP contribution in [0.3, 0.4) is 0 Å². The van der Waals surface area contributed by atoms with Crippen molar-refractivity contribution in [3.8, 4) is 5.75 Å². The predicted octanol–water partition coefficient (Wildman–Crippen LogP) is 2.72. The van der Waals surface area contributed by atoms with Crippen LogP contribution in [-0.4, -0.2) is 29.0 Å². The van der Waals surface area contributed by atoms with E-state index >= 15 is 0 Å². The number of phenols is 1. The molecular weight excluding hydrogens is 257 g/mol. The minimum absolute atomic E-state index is 0.0756. The molecule has 2 bridgehead atoms. The molecule has 3 nitrogen and oxygen atoms in total. The van der Waals surface area contributed by atoms with Crippen LogP contribution >= 0.6 is 0 Å². The Kier molecular flexibility index (Phi) is 3.64. The number of rotatable bonds is 2. The molecule has 0 spiro atoms. The molecule has 0 radical (unpaired) electrons. The highest BCUT2D eigenvalue weighted by atomic mass is 19.1. The summed E-state index contributed by atoms with van der Waals surface area (Å²) in [5.41, 5.74) is 0.626. The second kappa shape index (κ2) is 5.43. The lowest BCUT2D eigenvalue weighted by molar-refractivity contribution is -0.134. The molecule has 1 saturated carbocycles. The first kappa shape index (κ1) is 13.4. The van der Waals surface area contributed by atoms with Gasteiger partial charge in [-0.05, 0) is 48.8 Å². The Morgan fingerprint density at radius 3 is 2.65 bits per heavy atom. The smallest absolute Gasteiger partial charge is 0.227 e. The first-order chi connectivity index (χ1) is 9.61. The molecule has 3 rings (SSSR count). The minimum atomic E-state index is -0.661. The van der Waals surface area contributed by atoms with Gasteiger partial charge in [0.25, 0.3) is 0 Å². The zero-order chi connectivity index (χ0) is 14.1. The van der Waals surface area contributed by atoms with E-state index in [4.69, 9.17) is 5.11 Å². The van der Waals surface area contributed by atoms with E-state index < -0.39 is 5.82 Å². The van der Waals surface area contributed by atoms with Crippen molar-refractivity contribution in [2.24, 2.45) is 11.8 Å². The van der Waals surface area contributed by atoms with Gasteiger partial charge in [-0.25, -0.2) is 4.39 Å². The van der Waals surface area contributed by atoms with Crippen LogP contribution in [-0.2, 0) is 11.2 Å². The number of phenolic OH excluding ortho intramolecular Hbond substituents is 1. The van der Waals surface area contributed by atoms with E-state index in [1.54, 1.807) is 6.07 Å². The standard InChI is InChI=1S/C16H20FNO2/c17-14-7-11(4-5-15(14)19)8-16(20)18-9-12-2-1-3-13(6-12)10-18/h4-5,7,12-13,19H,1-3,6,8-10H2/t12-,13-/m1/s1. The summed E-state index contributed by atoms with van der Waals surface area (Å²) in [6.07, 6.45) is 5.23. The highest BCUT2D eigenvalue weighted by Gasteiger charge is 2.32. The molecule has 20 heavy (non-hydrogen) atoms. The van der Waals surface area contributed by atoms with E-state index in [-0.39, 0.29) is 18.1 Å². The van der Waals surface area contributed by atoms with Gasteiger partial charge in [0.15, 0.2) is 11.6 Å². The van der Waals surface area contributed by atoms with E-state index in [0.29, 0.717) is 17.4 Å². The summed E-state index contributed by atoms with van der Waals surface area (Å²) in [5, 5.41) is 9.17. The van der Waals surface area contributed by atoms with Crippen LogP contribution in [0.5, 0.6) is 5.75 Å². The lowest BCUT2D eigenvalue weighted by Crippen LogP contribution is -2.46. The Morgan fingerprint density at radius 1 is 1.30 bits per heavy atom. The molecule has 4 heteroatoms. The SMILES string of the molecule is O=C(Cc1ccc(O)c(F)c1)N1C[C@@H]2CCC[C@H](C2)C1. The van der Waals surface area contributed by atoms with Gasteiger partial charge in [-0.1, -0.05) is 12.5 Å². The maximum absolute atomic E-state index is 13.3. The molecule has 1 aliphatic carbocycles. The van der Waals surface area contributed by atoms with Crippen LogP contribution in [0, 0.1) is 17.7 Å². The Bertz CT molecular complexity index is 505. The van der Waals surface area contributed by atoms with E-state index in [1.165, 1.54) is 37.8 Å². The molecule has 0 unspecified atom stereocenters. The maximum Gasteiger partial charge on any atom is 0.227 e. The minimum Gasteiger partial charge on any atom is -0.505 e. The number of carbonyl (C=O) groups excluding carboxylic acids is 1. The fourth-order valence-corrected chi connectivity index (χ4v) is 3.58. The van der Waals surface area contributed by atoms with Gasteiger partial charge in [0.2, 0.25) is 5.91 Å². The average molecular weight is 277 g/mol. The van der Waals surface area contributed by atoms with Crippen LogP contribution in [0.15, 0.2) is 18.2 Å². The maximum atomic E-state index is 13.3. The zero-order valence-corrected chi connectivity index (χ0v) is 11.5. The first-order valence-corrected chi connectivity index (χ1v) is 7.37. The summed E-state index contributed by atoms with van der Waals surface area (Å²) < 4.78 is 13.3. The molecule has 2 aliphatic rings. The zero-order valence-electron chi connectivity index (χ0n) is 11.5. The Morgan fingerprint density at radius 2 is 2.00 bits per heavy atom. The molecule has 0 aromatic heterocycles. The van der Waals surface area contributed by atoms with Gasteiger partial charge in [-0.15, -0.1) is 0 Å². The highest BCUT2D eigenvalue weighted by Crippen LogP contribution is 2.34. The number of amides is 1. The highest BCUT2D eigenvalue weighted by molar-refractivity contribution is 5.79. The lowest BCUT2D eigenvalue weighted by atomic mass is 9.78. The quantitative estimate of drug-likeness (QED) is 0.903. The number of fused-ring (bicyclic) bond motifs is 2. The van der Waals surface area contributed by atoms with Crippen LogP contribution in [0.25, 0.3) is 0 Å². The van der Waals surface area contributed by atoms with E-state index in [0.717, 1.165) is 13.1 Å². The van der Waals surface area contributed by atoms with Crippen molar-refractivity contribution >= 4 is 5.91 Å². The summed E-state index contributed by atoms with van der Waals surface area (Å²) >= 11 is 0. The Balaban J connectivity index is 1.65. The number of aromatic hydroxyl groups is 1. The Labute approximate surface area is 118 Å². The molecule has 2 fully saturated rings. The van der Waals surface area contributed by atoms with Crippen LogP contribution in [0.1, 0.15) is 31.2 Å². The molecule has 108 valence electrons. The second-order valence-electron chi connectivity index (χ2n) is 6.16. The molecule has 1 saturated heterocycles. The van der Waals surface area contributed by atoms with Crippen molar-refractivity contribution in [3.63, 3.8) is 0 Å². The van der Waals surface area contributed by atoms with Gasteiger partial charge in [0.05, 0.1) is 6.42 Å². The normalized spacial score (nSPS) is 25.6. The van der Waals surface area contributed by atoms with Crippen molar-refractivity contribution in [2.45, 2.75) is 32.1 Å². The fraction of sp³-hybridized carbons (Fsp3) is 0.562. The van der Waals surface area contributed by atoms with Gasteiger partial charge in [-0.3, -0.25) is 4.79 Å². The number of likely N-dealkylation sites (tertiary alicyclic amines) is 1. The lowest BCUT2D eigenvalue weighted by Gasteiger charge is -2.41. The number of benzene rings is 1. The number of piperidine rings is 1. The molecule has 2 atom stereocenters. The number of nitrogens with zero attached hydrogens (tertiary/aromatic N) is 1. The van der Waals surface area contributed by atoms with Gasteiger partial charge in [0.1, 0.15) is 0 Å². The summed E-state index contributed by atoms with van der Waals surface area (Å²) in [6, 6.07) is 4.17. The number of halogens is 1. The summed E-state index contributed by atoms with van der Waals surface area (Å²) in [5.74, 6) is 0.359. The summed E-state index contributed by atoms with van der Waals surface area (Å²) in [4.78, 5) is 14.3. The number of carbonyl (C=O) groups is 1. The van der Waals surface area contributed by atoms with Gasteiger partial charge in [-0.2, -0.15) is 0 Å². The topological polar surface area (TPSA) is 40.5 Å². The Hall–Kier alpha value is -1.58. The van der Waals surface area contributed by atoms with E-state index in [9.17, 15) is 9.18 Å². The average Bonchev–Trinajstić information content (AvgIpc) is 2.42. The van der Waals surface area contributed by atoms with Crippen molar-refractivity contribution in [1.82, 2.24) is 4.90 Å². The van der Waals surface area contributed by atoms with E-state index in [1.807, 2.05) is 4.90 Å². The molecule has 1 amide bonds. The number of hydrogen-bond donors (Lipinski definition) is 1. The molecule has 1 N–H and O–H groups in total. The third-order valence-electron chi connectivity index (χ3n) is 4.57. The second-order valence-corrected chi connectivity index (χ2v) is 6.16. The predicted molar refractivity (Wildman–Crippen MR) is 73.8 cm³/mol. The largest absolute Gasteiger partial charge is 0.505 e. The number of hydrogen-bond acceptors (Lipinski definition) is 2.